The SMILES string of the molecule is CC(CC(=O)N=[N+]=[N-])c1ccccc1. The van der Waals surface area contributed by atoms with Gasteiger partial charge in [0.25, 0.3) is 0 Å². The van der Waals surface area contributed by atoms with Gasteiger partial charge in [0.15, 0.2) is 0 Å². The molecule has 0 saturated carbocycles. The molecule has 1 rings (SSSR count). The minimum atomic E-state index is -0.413. The van der Waals surface area contributed by atoms with Crippen LogP contribution >= 0.6 is 0 Å². The van der Waals surface area contributed by atoms with Crippen molar-refractivity contribution >= 4 is 5.91 Å². The average Bonchev–Trinajstić information content (AvgIpc) is 2.19. The number of hydrogen-bond acceptors (Lipinski definition) is 1. The topological polar surface area (TPSA) is 65.8 Å². The summed E-state index contributed by atoms with van der Waals surface area (Å²) < 4.78 is 0. The molecule has 14 heavy (non-hydrogen) atoms. The minimum absolute atomic E-state index is 0.0919. The first-order chi connectivity index (χ1) is 6.74. The molecule has 0 fully saturated rings. The zero-order valence-electron chi connectivity index (χ0n) is 7.92. The maximum atomic E-state index is 11.0. The monoisotopic (exact) mass is 189 g/mol. The van der Waals surface area contributed by atoms with Gasteiger partial charge in [0.05, 0.1) is 0 Å². The van der Waals surface area contributed by atoms with Gasteiger partial charge in [-0.05, 0) is 22.1 Å². The van der Waals surface area contributed by atoms with Crippen LogP contribution in [0.15, 0.2) is 35.4 Å². The maximum absolute atomic E-state index is 11.0. The molecule has 0 spiro atoms. The van der Waals surface area contributed by atoms with Crippen molar-refractivity contribution in [1.82, 2.24) is 0 Å². The number of rotatable bonds is 3. The summed E-state index contributed by atoms with van der Waals surface area (Å²) in [6.07, 6.45) is 0.258. The fourth-order valence-corrected chi connectivity index (χ4v) is 1.25. The summed E-state index contributed by atoms with van der Waals surface area (Å²) in [5, 5.41) is 3.03. The largest absolute Gasteiger partial charge is 0.293 e. The van der Waals surface area contributed by atoms with E-state index in [9.17, 15) is 4.79 Å². The van der Waals surface area contributed by atoms with Gasteiger partial charge in [0.2, 0.25) is 5.91 Å². The van der Waals surface area contributed by atoms with Gasteiger partial charge in [0, 0.05) is 11.3 Å². The van der Waals surface area contributed by atoms with Gasteiger partial charge in [-0.15, -0.1) is 0 Å². The van der Waals surface area contributed by atoms with Crippen molar-refractivity contribution in [2.45, 2.75) is 19.3 Å². The third-order valence-electron chi connectivity index (χ3n) is 2.01. The van der Waals surface area contributed by atoms with Crippen LogP contribution in [0, 0.1) is 0 Å². The molecule has 72 valence electrons. The normalized spacial score (nSPS) is 11.5. The van der Waals surface area contributed by atoms with Gasteiger partial charge in [-0.2, -0.15) is 0 Å². The Morgan fingerprint density at radius 1 is 1.50 bits per heavy atom. The van der Waals surface area contributed by atoms with Crippen molar-refractivity contribution in [1.29, 1.82) is 0 Å². The Morgan fingerprint density at radius 2 is 2.14 bits per heavy atom. The summed E-state index contributed by atoms with van der Waals surface area (Å²) in [4.78, 5) is 13.5. The molecule has 0 aliphatic carbocycles. The van der Waals surface area contributed by atoms with E-state index >= 15 is 0 Å². The summed E-state index contributed by atoms with van der Waals surface area (Å²) >= 11 is 0. The summed E-state index contributed by atoms with van der Waals surface area (Å²) in [7, 11) is 0. The molecule has 0 aliphatic heterocycles. The lowest BCUT2D eigenvalue weighted by atomic mass is 9.98. The lowest BCUT2D eigenvalue weighted by Gasteiger charge is -2.08. The van der Waals surface area contributed by atoms with Crippen molar-refractivity contribution in [3.63, 3.8) is 0 Å². The molecule has 1 aromatic carbocycles. The van der Waals surface area contributed by atoms with E-state index in [1.165, 1.54) is 0 Å². The molecular weight excluding hydrogens is 178 g/mol. The zero-order chi connectivity index (χ0) is 10.4. The molecule has 1 atom stereocenters. The van der Waals surface area contributed by atoms with Crippen LogP contribution < -0.4 is 0 Å². The van der Waals surface area contributed by atoms with Crippen LogP contribution in [-0.4, -0.2) is 5.91 Å². The van der Waals surface area contributed by atoms with Crippen LogP contribution in [0.2, 0.25) is 0 Å². The van der Waals surface area contributed by atoms with E-state index in [4.69, 9.17) is 5.53 Å². The highest BCUT2D eigenvalue weighted by Gasteiger charge is 2.08. The van der Waals surface area contributed by atoms with Gasteiger partial charge in [-0.1, -0.05) is 37.3 Å². The van der Waals surface area contributed by atoms with Crippen LogP contribution in [0.25, 0.3) is 10.4 Å². The number of carbonyl (C=O) groups is 1. The Morgan fingerprint density at radius 3 is 2.71 bits per heavy atom. The first-order valence-corrected chi connectivity index (χ1v) is 4.37. The average molecular weight is 189 g/mol. The summed E-state index contributed by atoms with van der Waals surface area (Å²) in [5.41, 5.74) is 9.14. The number of azide groups is 1. The second kappa shape index (κ2) is 5.04. The molecule has 0 radical (unpaired) electrons. The number of hydrogen-bond donors (Lipinski definition) is 0. The van der Waals surface area contributed by atoms with Crippen LogP contribution in [-0.2, 0) is 4.79 Å². The number of amides is 1. The summed E-state index contributed by atoms with van der Waals surface area (Å²) in [6, 6.07) is 9.67. The quantitative estimate of drug-likeness (QED) is 0.409. The highest BCUT2D eigenvalue weighted by molar-refractivity contribution is 5.77. The van der Waals surface area contributed by atoms with E-state index in [2.05, 4.69) is 10.0 Å². The first-order valence-electron chi connectivity index (χ1n) is 4.37. The van der Waals surface area contributed by atoms with Crippen LogP contribution in [0.3, 0.4) is 0 Å². The fraction of sp³-hybridized carbons (Fsp3) is 0.300. The van der Waals surface area contributed by atoms with Crippen LogP contribution in [0.1, 0.15) is 24.8 Å². The van der Waals surface area contributed by atoms with Gasteiger partial charge in [-0.25, -0.2) is 0 Å². The van der Waals surface area contributed by atoms with Crippen LogP contribution in [0.5, 0.6) is 0 Å². The van der Waals surface area contributed by atoms with E-state index in [1.807, 2.05) is 37.3 Å². The second-order valence-electron chi connectivity index (χ2n) is 3.10. The van der Waals surface area contributed by atoms with Crippen molar-refractivity contribution in [3.05, 3.63) is 46.3 Å². The Balaban J connectivity index is 2.63. The molecule has 0 heterocycles. The number of nitrogens with zero attached hydrogens (tertiary/aromatic N) is 3. The minimum Gasteiger partial charge on any atom is -0.293 e. The van der Waals surface area contributed by atoms with E-state index in [1.54, 1.807) is 0 Å². The molecule has 4 heteroatoms. The standard InChI is InChI=1S/C10H11N3O/c1-8(7-10(14)12-13-11)9-5-3-2-4-6-9/h2-6,8H,7H2,1H3. The van der Waals surface area contributed by atoms with Gasteiger partial charge in [0.1, 0.15) is 0 Å². The van der Waals surface area contributed by atoms with Crippen molar-refractivity contribution in [2.24, 2.45) is 5.11 Å². The van der Waals surface area contributed by atoms with E-state index in [0.717, 1.165) is 5.56 Å². The Labute approximate surface area is 82.2 Å². The Bertz CT molecular complexity index is 355. The second-order valence-corrected chi connectivity index (χ2v) is 3.10. The highest BCUT2D eigenvalue weighted by atomic mass is 16.1. The molecule has 0 N–H and O–H groups in total. The summed E-state index contributed by atoms with van der Waals surface area (Å²) in [6.45, 7) is 1.93. The zero-order valence-corrected chi connectivity index (χ0v) is 7.92. The third-order valence-corrected chi connectivity index (χ3v) is 2.01. The van der Waals surface area contributed by atoms with Gasteiger partial charge in [-0.3, -0.25) is 4.79 Å². The Hall–Kier alpha value is -1.80. The highest BCUT2D eigenvalue weighted by Crippen LogP contribution is 2.18. The molecule has 0 saturated heterocycles. The summed E-state index contributed by atoms with van der Waals surface area (Å²) in [5.74, 6) is -0.321. The fourth-order valence-electron chi connectivity index (χ4n) is 1.25. The first kappa shape index (κ1) is 10.3. The predicted molar refractivity (Wildman–Crippen MR) is 53.6 cm³/mol. The lowest BCUT2D eigenvalue weighted by Crippen LogP contribution is -2.00. The van der Waals surface area contributed by atoms with E-state index in [-0.39, 0.29) is 12.3 Å². The molecule has 4 nitrogen and oxygen atoms in total. The predicted octanol–water partition coefficient (Wildman–Crippen LogP) is 3.02. The molecule has 0 aromatic heterocycles. The van der Waals surface area contributed by atoms with Crippen LogP contribution in [0.4, 0.5) is 0 Å². The van der Waals surface area contributed by atoms with E-state index in [0.29, 0.717) is 0 Å². The molecule has 0 bridgehead atoms. The maximum Gasteiger partial charge on any atom is 0.219 e. The lowest BCUT2D eigenvalue weighted by molar-refractivity contribution is -0.118. The molecular formula is C10H11N3O. The molecule has 1 amide bonds. The van der Waals surface area contributed by atoms with E-state index < -0.39 is 5.91 Å². The van der Waals surface area contributed by atoms with Crippen molar-refractivity contribution in [3.8, 4) is 0 Å². The van der Waals surface area contributed by atoms with Crippen molar-refractivity contribution in [2.75, 3.05) is 0 Å². The number of benzene rings is 1. The molecule has 0 aliphatic rings. The molecule has 1 unspecified atom stereocenters. The van der Waals surface area contributed by atoms with Gasteiger partial charge < -0.3 is 0 Å². The number of carbonyl (C=O) groups excluding carboxylic acids is 1. The third kappa shape index (κ3) is 2.92. The van der Waals surface area contributed by atoms with Gasteiger partial charge >= 0.3 is 0 Å². The molecule has 1 aromatic rings. The Kier molecular flexibility index (Phi) is 3.70. The van der Waals surface area contributed by atoms with Crippen molar-refractivity contribution < 1.29 is 4.79 Å². The smallest absolute Gasteiger partial charge is 0.219 e.